The van der Waals surface area contributed by atoms with Gasteiger partial charge in [0, 0.05) is 5.41 Å². The minimum absolute atomic E-state index is 0.102. The van der Waals surface area contributed by atoms with Gasteiger partial charge < -0.3 is 0 Å². The van der Waals surface area contributed by atoms with Crippen LogP contribution >= 0.6 is 0 Å². The first-order valence-electron chi connectivity index (χ1n) is 17.9. The van der Waals surface area contributed by atoms with Crippen LogP contribution in [0.2, 0.25) is 0 Å². The molecule has 0 fully saturated rings. The van der Waals surface area contributed by atoms with Crippen LogP contribution in [0.3, 0.4) is 0 Å². The lowest BCUT2D eigenvalue weighted by Gasteiger charge is -2.23. The van der Waals surface area contributed by atoms with Crippen molar-refractivity contribution in [2.75, 3.05) is 0 Å². The summed E-state index contributed by atoms with van der Waals surface area (Å²) in [5, 5.41) is 7.71. The minimum atomic E-state index is -0.102. The third-order valence-electron chi connectivity index (χ3n) is 11.3. The van der Waals surface area contributed by atoms with Crippen LogP contribution in [0, 0.1) is 0 Å². The van der Waals surface area contributed by atoms with Gasteiger partial charge in [-0.05, 0) is 111 Å². The summed E-state index contributed by atoms with van der Waals surface area (Å²) in [4.78, 5) is 0. The topological polar surface area (TPSA) is 0 Å². The lowest BCUT2D eigenvalue weighted by Crippen LogP contribution is -2.15. The maximum Gasteiger partial charge on any atom is 0.0159 e. The molecule has 0 amide bonds. The Labute approximate surface area is 299 Å². The first-order valence-corrected chi connectivity index (χ1v) is 17.9. The van der Waals surface area contributed by atoms with E-state index in [1.54, 1.807) is 0 Å². The quantitative estimate of drug-likeness (QED) is 0.167. The molecule has 1 aliphatic rings. The average molecular weight is 649 g/mol. The summed E-state index contributed by atoms with van der Waals surface area (Å²) in [5.74, 6) is 0. The fourth-order valence-corrected chi connectivity index (χ4v) is 8.84. The van der Waals surface area contributed by atoms with Gasteiger partial charge in [0.2, 0.25) is 0 Å². The molecule has 1 aliphatic carbocycles. The Morgan fingerprint density at radius 3 is 1.41 bits per heavy atom. The molecular formula is C51H36. The van der Waals surface area contributed by atoms with Crippen molar-refractivity contribution >= 4 is 32.3 Å². The Bertz CT molecular complexity index is 2750. The standard InChI is InChI=1S/C51H36/c1-51(2)46-30-29-38-39(25-14-26-40(38)50(46)45-28-27-36(32-47(45)51)34-17-7-4-8-18-34)49-43-23-11-9-21-41(43)48(42-22-10-12-24-44(42)49)37-20-13-19-35(31-37)33-15-5-3-6-16-33/h3-32H,1-2H3. The molecule has 0 heteroatoms. The predicted octanol–water partition coefficient (Wildman–Crippen LogP) is 14.1. The summed E-state index contributed by atoms with van der Waals surface area (Å²) < 4.78 is 0. The van der Waals surface area contributed by atoms with Gasteiger partial charge in [-0.15, -0.1) is 0 Å². The molecule has 9 aromatic rings. The molecule has 0 N–H and O–H groups in total. The zero-order valence-electron chi connectivity index (χ0n) is 28.8. The highest BCUT2D eigenvalue weighted by Crippen LogP contribution is 2.54. The second-order valence-electron chi connectivity index (χ2n) is 14.4. The van der Waals surface area contributed by atoms with Crippen LogP contribution in [0.1, 0.15) is 25.0 Å². The van der Waals surface area contributed by atoms with Crippen LogP contribution in [0.15, 0.2) is 182 Å². The van der Waals surface area contributed by atoms with E-state index in [1.807, 2.05) is 0 Å². The van der Waals surface area contributed by atoms with E-state index >= 15 is 0 Å². The van der Waals surface area contributed by atoms with Crippen LogP contribution in [0.25, 0.3) is 88.0 Å². The second kappa shape index (κ2) is 11.4. The Morgan fingerprint density at radius 1 is 0.275 bits per heavy atom. The van der Waals surface area contributed by atoms with E-state index in [0.717, 1.165) is 0 Å². The van der Waals surface area contributed by atoms with Gasteiger partial charge in [0.1, 0.15) is 0 Å². The highest BCUT2D eigenvalue weighted by molar-refractivity contribution is 6.24. The Morgan fingerprint density at radius 2 is 0.765 bits per heavy atom. The van der Waals surface area contributed by atoms with Crippen molar-refractivity contribution in [3.8, 4) is 55.6 Å². The van der Waals surface area contributed by atoms with E-state index in [9.17, 15) is 0 Å². The molecule has 0 saturated heterocycles. The summed E-state index contributed by atoms with van der Waals surface area (Å²) in [6.45, 7) is 4.77. The molecular weight excluding hydrogens is 613 g/mol. The van der Waals surface area contributed by atoms with Crippen molar-refractivity contribution in [1.82, 2.24) is 0 Å². The molecule has 0 radical (unpaired) electrons. The number of fused-ring (bicyclic) bond motifs is 7. The van der Waals surface area contributed by atoms with Crippen molar-refractivity contribution < 1.29 is 0 Å². The molecule has 0 atom stereocenters. The maximum absolute atomic E-state index is 2.42. The van der Waals surface area contributed by atoms with E-state index in [4.69, 9.17) is 0 Å². The van der Waals surface area contributed by atoms with Crippen molar-refractivity contribution in [2.24, 2.45) is 0 Å². The monoisotopic (exact) mass is 648 g/mol. The summed E-state index contributed by atoms with van der Waals surface area (Å²) >= 11 is 0. The molecule has 0 nitrogen and oxygen atoms in total. The molecule has 0 spiro atoms. The maximum atomic E-state index is 2.42. The van der Waals surface area contributed by atoms with Crippen molar-refractivity contribution in [3.63, 3.8) is 0 Å². The van der Waals surface area contributed by atoms with Crippen LogP contribution in [-0.4, -0.2) is 0 Å². The molecule has 0 aromatic heterocycles. The molecule has 240 valence electrons. The minimum Gasteiger partial charge on any atom is -0.0622 e. The number of hydrogen-bond acceptors (Lipinski definition) is 0. The molecule has 0 heterocycles. The van der Waals surface area contributed by atoms with Gasteiger partial charge in [0.05, 0.1) is 0 Å². The molecule has 0 saturated carbocycles. The van der Waals surface area contributed by atoms with E-state index in [1.165, 1.54) is 99.1 Å². The number of rotatable bonds is 4. The van der Waals surface area contributed by atoms with E-state index in [-0.39, 0.29) is 5.41 Å². The van der Waals surface area contributed by atoms with E-state index in [2.05, 4.69) is 196 Å². The first kappa shape index (κ1) is 29.7. The van der Waals surface area contributed by atoms with Crippen molar-refractivity contribution in [1.29, 1.82) is 0 Å². The lowest BCUT2D eigenvalue weighted by molar-refractivity contribution is 0.661. The average Bonchev–Trinajstić information content (AvgIpc) is 3.43. The largest absolute Gasteiger partial charge is 0.0622 e. The molecule has 10 rings (SSSR count). The third-order valence-corrected chi connectivity index (χ3v) is 11.3. The van der Waals surface area contributed by atoms with Gasteiger partial charge in [-0.25, -0.2) is 0 Å². The van der Waals surface area contributed by atoms with Crippen LogP contribution < -0.4 is 0 Å². The first-order chi connectivity index (χ1) is 25.1. The van der Waals surface area contributed by atoms with Crippen LogP contribution in [0.4, 0.5) is 0 Å². The predicted molar refractivity (Wildman–Crippen MR) is 218 cm³/mol. The zero-order valence-corrected chi connectivity index (χ0v) is 28.8. The SMILES string of the molecule is CC1(C)c2cc(-c3ccccc3)ccc2-c2c1ccc1c(-c3c4ccccc4c(-c4cccc(-c5ccccc5)c4)c4ccccc34)cccc21. The van der Waals surface area contributed by atoms with Gasteiger partial charge in [0.15, 0.2) is 0 Å². The summed E-state index contributed by atoms with van der Waals surface area (Å²) in [7, 11) is 0. The lowest BCUT2D eigenvalue weighted by atomic mass is 9.80. The number of benzene rings is 9. The molecule has 9 aromatic carbocycles. The molecule has 0 bridgehead atoms. The summed E-state index contributed by atoms with van der Waals surface area (Å²) in [5.41, 5.74) is 15.5. The van der Waals surface area contributed by atoms with Crippen molar-refractivity contribution in [2.45, 2.75) is 19.3 Å². The van der Waals surface area contributed by atoms with Gasteiger partial charge in [-0.2, -0.15) is 0 Å². The van der Waals surface area contributed by atoms with E-state index < -0.39 is 0 Å². The fraction of sp³-hybridized carbons (Fsp3) is 0.0588. The fourth-order valence-electron chi connectivity index (χ4n) is 8.84. The molecule has 51 heavy (non-hydrogen) atoms. The normalized spacial score (nSPS) is 13.1. The van der Waals surface area contributed by atoms with Gasteiger partial charge in [-0.1, -0.05) is 184 Å². The second-order valence-corrected chi connectivity index (χ2v) is 14.4. The van der Waals surface area contributed by atoms with Crippen LogP contribution in [0.5, 0.6) is 0 Å². The van der Waals surface area contributed by atoms with Gasteiger partial charge in [-0.3, -0.25) is 0 Å². The highest BCUT2D eigenvalue weighted by Gasteiger charge is 2.37. The third kappa shape index (κ3) is 4.53. The molecule has 0 unspecified atom stereocenters. The highest BCUT2D eigenvalue weighted by atomic mass is 14.4. The van der Waals surface area contributed by atoms with Crippen molar-refractivity contribution in [3.05, 3.63) is 193 Å². The Kier molecular flexibility index (Phi) is 6.63. The smallest absolute Gasteiger partial charge is 0.0159 e. The van der Waals surface area contributed by atoms with Gasteiger partial charge in [0.25, 0.3) is 0 Å². The van der Waals surface area contributed by atoms with E-state index in [0.29, 0.717) is 0 Å². The van der Waals surface area contributed by atoms with Crippen LogP contribution in [-0.2, 0) is 5.41 Å². The Hall–Kier alpha value is -6.24. The molecule has 0 aliphatic heterocycles. The Balaban J connectivity index is 1.22. The van der Waals surface area contributed by atoms with Gasteiger partial charge >= 0.3 is 0 Å². The summed E-state index contributed by atoms with van der Waals surface area (Å²) in [6.07, 6.45) is 0. The zero-order chi connectivity index (χ0) is 34.1. The number of hydrogen-bond donors (Lipinski definition) is 0. The summed E-state index contributed by atoms with van der Waals surface area (Å²) in [6, 6.07) is 67.3.